The van der Waals surface area contributed by atoms with Crippen LogP contribution in [0.1, 0.15) is 5.56 Å². The van der Waals surface area contributed by atoms with Gasteiger partial charge in [0.15, 0.2) is 0 Å². The van der Waals surface area contributed by atoms with Gasteiger partial charge in [-0.25, -0.2) is 4.98 Å². The quantitative estimate of drug-likeness (QED) is 0.774. The van der Waals surface area contributed by atoms with Gasteiger partial charge in [-0.15, -0.1) is 0 Å². The maximum atomic E-state index is 9.92. The van der Waals surface area contributed by atoms with E-state index >= 15 is 0 Å². The van der Waals surface area contributed by atoms with Crippen molar-refractivity contribution < 1.29 is 5.11 Å². The molecule has 0 aliphatic rings. The van der Waals surface area contributed by atoms with Crippen LogP contribution in [0.15, 0.2) is 67.0 Å². The van der Waals surface area contributed by atoms with Crippen molar-refractivity contribution in [3.63, 3.8) is 0 Å². The van der Waals surface area contributed by atoms with Crippen LogP contribution in [0.3, 0.4) is 0 Å². The number of hydrogen-bond acceptors (Lipinski definition) is 2. The number of phenolic OH excluding ortho intramolecular Hbond substituents is 1. The Morgan fingerprint density at radius 3 is 2.47 bits per heavy atom. The predicted octanol–water partition coefficient (Wildman–Crippen LogP) is 3.30. The lowest BCUT2D eigenvalue weighted by Crippen LogP contribution is -2.00. The lowest BCUT2D eigenvalue weighted by atomic mass is 10.1. The summed E-state index contributed by atoms with van der Waals surface area (Å²) >= 11 is 0. The second kappa shape index (κ2) is 4.98. The Hall–Kier alpha value is -2.55. The van der Waals surface area contributed by atoms with Gasteiger partial charge in [0.2, 0.25) is 0 Å². The summed E-state index contributed by atoms with van der Waals surface area (Å²) in [5, 5.41) is 9.92. The monoisotopic (exact) mass is 250 g/mol. The number of para-hydroxylation sites is 1. The molecule has 1 heterocycles. The minimum Gasteiger partial charge on any atom is -0.507 e. The van der Waals surface area contributed by atoms with Gasteiger partial charge in [0.1, 0.15) is 11.6 Å². The van der Waals surface area contributed by atoms with E-state index in [0.717, 1.165) is 17.9 Å². The minimum atomic E-state index is 0.253. The van der Waals surface area contributed by atoms with Gasteiger partial charge >= 0.3 is 0 Å². The molecule has 0 aliphatic heterocycles. The van der Waals surface area contributed by atoms with E-state index in [1.54, 1.807) is 12.3 Å². The first kappa shape index (κ1) is 11.5. The fourth-order valence-corrected chi connectivity index (χ4v) is 2.12. The molecule has 0 spiro atoms. The average Bonchev–Trinajstić information content (AvgIpc) is 2.88. The molecule has 0 amide bonds. The Labute approximate surface area is 111 Å². The normalized spacial score (nSPS) is 10.5. The SMILES string of the molecule is Oc1ccccc1-c1nccn1Cc1ccccc1. The van der Waals surface area contributed by atoms with Crippen LogP contribution >= 0.6 is 0 Å². The fraction of sp³-hybridized carbons (Fsp3) is 0.0625. The summed E-state index contributed by atoms with van der Waals surface area (Å²) in [6.07, 6.45) is 3.68. The van der Waals surface area contributed by atoms with Crippen molar-refractivity contribution in [3.8, 4) is 17.1 Å². The molecule has 19 heavy (non-hydrogen) atoms. The molecule has 94 valence electrons. The summed E-state index contributed by atoms with van der Waals surface area (Å²) in [4.78, 5) is 4.35. The smallest absolute Gasteiger partial charge is 0.143 e. The standard InChI is InChI=1S/C16H14N2O/c19-15-9-5-4-8-14(15)16-17-10-11-18(16)12-13-6-2-1-3-7-13/h1-11,19H,12H2. The number of aromatic nitrogens is 2. The Morgan fingerprint density at radius 2 is 1.68 bits per heavy atom. The molecule has 0 fully saturated rings. The van der Waals surface area contributed by atoms with E-state index in [-0.39, 0.29) is 5.75 Å². The van der Waals surface area contributed by atoms with Gasteiger partial charge in [-0.2, -0.15) is 0 Å². The van der Waals surface area contributed by atoms with Crippen LogP contribution in [0.5, 0.6) is 5.75 Å². The largest absolute Gasteiger partial charge is 0.507 e. The van der Waals surface area contributed by atoms with Crippen LogP contribution in [0.25, 0.3) is 11.4 Å². The zero-order valence-electron chi connectivity index (χ0n) is 10.4. The fourth-order valence-electron chi connectivity index (χ4n) is 2.12. The molecule has 3 rings (SSSR count). The second-order valence-electron chi connectivity index (χ2n) is 4.38. The molecule has 0 saturated heterocycles. The number of aromatic hydroxyl groups is 1. The van der Waals surface area contributed by atoms with E-state index in [9.17, 15) is 5.11 Å². The third-order valence-corrected chi connectivity index (χ3v) is 3.06. The molecule has 0 unspecified atom stereocenters. The summed E-state index contributed by atoms with van der Waals surface area (Å²) in [7, 11) is 0. The molecule has 3 aromatic rings. The first-order valence-electron chi connectivity index (χ1n) is 6.18. The second-order valence-corrected chi connectivity index (χ2v) is 4.38. The van der Waals surface area contributed by atoms with E-state index < -0.39 is 0 Å². The molecule has 1 N–H and O–H groups in total. The van der Waals surface area contributed by atoms with Crippen LogP contribution in [-0.2, 0) is 6.54 Å². The Morgan fingerprint density at radius 1 is 0.947 bits per heavy atom. The summed E-state index contributed by atoms with van der Waals surface area (Å²) in [5.74, 6) is 1.03. The van der Waals surface area contributed by atoms with Crippen LogP contribution in [0, 0.1) is 0 Å². The van der Waals surface area contributed by atoms with Crippen LogP contribution < -0.4 is 0 Å². The minimum absolute atomic E-state index is 0.253. The van der Waals surface area contributed by atoms with Gasteiger partial charge in [-0.05, 0) is 17.7 Å². The molecule has 1 aromatic heterocycles. The highest BCUT2D eigenvalue weighted by atomic mass is 16.3. The van der Waals surface area contributed by atoms with E-state index in [0.29, 0.717) is 0 Å². The summed E-state index contributed by atoms with van der Waals surface area (Å²) < 4.78 is 2.03. The van der Waals surface area contributed by atoms with Gasteiger partial charge < -0.3 is 9.67 Å². The molecule has 0 saturated carbocycles. The van der Waals surface area contributed by atoms with E-state index in [1.165, 1.54) is 5.56 Å². The maximum absolute atomic E-state index is 9.92. The van der Waals surface area contributed by atoms with Crippen molar-refractivity contribution in [1.82, 2.24) is 9.55 Å². The van der Waals surface area contributed by atoms with E-state index in [4.69, 9.17) is 0 Å². The Balaban J connectivity index is 1.98. The average molecular weight is 250 g/mol. The summed E-state index contributed by atoms with van der Waals surface area (Å²) in [5.41, 5.74) is 1.96. The molecule has 2 aromatic carbocycles. The molecular formula is C16H14N2O. The highest BCUT2D eigenvalue weighted by Gasteiger charge is 2.09. The predicted molar refractivity (Wildman–Crippen MR) is 74.9 cm³/mol. The topological polar surface area (TPSA) is 38.1 Å². The van der Waals surface area contributed by atoms with Gasteiger partial charge in [-0.3, -0.25) is 0 Å². The van der Waals surface area contributed by atoms with Gasteiger partial charge in [0.05, 0.1) is 5.56 Å². The molecule has 0 atom stereocenters. The molecule has 3 heteroatoms. The zero-order valence-corrected chi connectivity index (χ0v) is 10.4. The first-order valence-corrected chi connectivity index (χ1v) is 6.18. The Bertz CT molecular complexity index is 674. The van der Waals surface area contributed by atoms with E-state index in [2.05, 4.69) is 17.1 Å². The summed E-state index contributed by atoms with van der Waals surface area (Å²) in [6.45, 7) is 0.741. The van der Waals surface area contributed by atoms with Gasteiger partial charge in [-0.1, -0.05) is 42.5 Å². The van der Waals surface area contributed by atoms with Gasteiger partial charge in [0, 0.05) is 18.9 Å². The van der Waals surface area contributed by atoms with Gasteiger partial charge in [0.25, 0.3) is 0 Å². The Kier molecular flexibility index (Phi) is 3.02. The molecule has 0 radical (unpaired) electrons. The third kappa shape index (κ3) is 2.36. The highest BCUT2D eigenvalue weighted by Crippen LogP contribution is 2.27. The third-order valence-electron chi connectivity index (χ3n) is 3.06. The number of hydrogen-bond donors (Lipinski definition) is 1. The van der Waals surface area contributed by atoms with Crippen LogP contribution in [0.2, 0.25) is 0 Å². The van der Waals surface area contributed by atoms with Crippen molar-refractivity contribution in [2.75, 3.05) is 0 Å². The number of nitrogens with zero attached hydrogens (tertiary/aromatic N) is 2. The lowest BCUT2D eigenvalue weighted by Gasteiger charge is -2.09. The van der Waals surface area contributed by atoms with Crippen LogP contribution in [0.4, 0.5) is 0 Å². The molecular weight excluding hydrogens is 236 g/mol. The van der Waals surface area contributed by atoms with Crippen molar-refractivity contribution in [1.29, 1.82) is 0 Å². The van der Waals surface area contributed by atoms with Crippen LogP contribution in [-0.4, -0.2) is 14.7 Å². The highest BCUT2D eigenvalue weighted by molar-refractivity contribution is 5.63. The number of phenols is 1. The lowest BCUT2D eigenvalue weighted by molar-refractivity contribution is 0.476. The molecule has 0 bridgehead atoms. The van der Waals surface area contributed by atoms with Crippen molar-refractivity contribution in [2.45, 2.75) is 6.54 Å². The number of imidazole rings is 1. The van der Waals surface area contributed by atoms with Crippen molar-refractivity contribution in [3.05, 3.63) is 72.6 Å². The maximum Gasteiger partial charge on any atom is 0.143 e. The van der Waals surface area contributed by atoms with E-state index in [1.807, 2.05) is 47.2 Å². The summed E-state index contributed by atoms with van der Waals surface area (Å²) in [6, 6.07) is 17.5. The number of benzene rings is 2. The zero-order chi connectivity index (χ0) is 13.1. The molecule has 3 nitrogen and oxygen atoms in total. The van der Waals surface area contributed by atoms with Crippen molar-refractivity contribution >= 4 is 0 Å². The number of rotatable bonds is 3. The van der Waals surface area contributed by atoms with Crippen molar-refractivity contribution in [2.24, 2.45) is 0 Å². The first-order chi connectivity index (χ1) is 9.34. The molecule has 0 aliphatic carbocycles.